The van der Waals surface area contributed by atoms with Gasteiger partial charge in [-0.25, -0.2) is 0 Å². The Hall–Kier alpha value is -4.15. The van der Waals surface area contributed by atoms with Crippen LogP contribution in [0.5, 0.6) is 17.2 Å². The fourth-order valence-electron chi connectivity index (χ4n) is 4.36. The molecule has 196 valence electrons. The van der Waals surface area contributed by atoms with Gasteiger partial charge in [0, 0.05) is 11.6 Å². The van der Waals surface area contributed by atoms with Gasteiger partial charge in [-0.3, -0.25) is 14.5 Å². The summed E-state index contributed by atoms with van der Waals surface area (Å²) in [5, 5.41) is 15.6. The minimum absolute atomic E-state index is 0.142. The van der Waals surface area contributed by atoms with Gasteiger partial charge in [0.05, 0.1) is 26.5 Å². The van der Waals surface area contributed by atoms with E-state index in [1.807, 2.05) is 13.0 Å². The average Bonchev–Trinajstić information content (AvgIpc) is 3.60. The number of amides is 2. The molecule has 1 aliphatic carbocycles. The second-order valence-corrected chi connectivity index (χ2v) is 8.64. The molecule has 1 aliphatic rings. The van der Waals surface area contributed by atoms with E-state index in [4.69, 9.17) is 14.2 Å². The van der Waals surface area contributed by atoms with Gasteiger partial charge in [-0.1, -0.05) is 25.0 Å². The van der Waals surface area contributed by atoms with Gasteiger partial charge in [-0.15, -0.1) is 10.2 Å². The molecular formula is C26H32N6O5. The summed E-state index contributed by atoms with van der Waals surface area (Å²) in [6.07, 6.45) is 4.11. The lowest BCUT2D eigenvalue weighted by Crippen LogP contribution is -2.45. The zero-order valence-corrected chi connectivity index (χ0v) is 21.3. The number of hydrogen-bond acceptors (Lipinski definition) is 8. The predicted molar refractivity (Wildman–Crippen MR) is 137 cm³/mol. The normalized spacial score (nSPS) is 13.3. The van der Waals surface area contributed by atoms with Crippen LogP contribution in [0, 0.1) is 0 Å². The zero-order chi connectivity index (χ0) is 26.2. The van der Waals surface area contributed by atoms with Crippen LogP contribution < -0.4 is 24.4 Å². The number of nitrogens with zero attached hydrogens (tertiary/aromatic N) is 5. The number of tetrazole rings is 1. The van der Waals surface area contributed by atoms with E-state index < -0.39 is 0 Å². The van der Waals surface area contributed by atoms with E-state index in [1.54, 1.807) is 50.6 Å². The number of aromatic nitrogens is 4. The number of carbonyl (C=O) groups excluding carboxylic acids is 2. The Labute approximate surface area is 215 Å². The molecule has 0 radical (unpaired) electrons. The number of nitrogens with one attached hydrogen (secondary N) is 1. The van der Waals surface area contributed by atoms with Crippen LogP contribution in [0.25, 0.3) is 11.4 Å². The standard InChI is InChI=1S/C26H32N6O5/c1-4-37-21-12-8-7-11-20(21)31(16-24(33)27-19-9-5-6-10-19)25(34)17-32-29-26(28-30-32)18-13-14-22(35-2)23(15-18)36-3/h7-8,11-15,19H,4-6,9-10,16-17H2,1-3H3,(H,27,33). The second-order valence-electron chi connectivity index (χ2n) is 8.64. The molecule has 1 N–H and O–H groups in total. The van der Waals surface area contributed by atoms with Gasteiger partial charge in [0.2, 0.25) is 11.7 Å². The van der Waals surface area contributed by atoms with Crippen LogP contribution in [0.15, 0.2) is 42.5 Å². The Morgan fingerprint density at radius 2 is 1.81 bits per heavy atom. The van der Waals surface area contributed by atoms with Gasteiger partial charge in [-0.2, -0.15) is 4.80 Å². The molecule has 11 nitrogen and oxygen atoms in total. The number of rotatable bonds is 11. The maximum Gasteiger partial charge on any atom is 0.251 e. The summed E-state index contributed by atoms with van der Waals surface area (Å²) >= 11 is 0. The minimum atomic E-state index is -0.370. The Morgan fingerprint density at radius 1 is 1.05 bits per heavy atom. The average molecular weight is 509 g/mol. The molecule has 1 aromatic heterocycles. The van der Waals surface area contributed by atoms with E-state index in [9.17, 15) is 9.59 Å². The monoisotopic (exact) mass is 508 g/mol. The maximum atomic E-state index is 13.5. The van der Waals surface area contributed by atoms with Crippen molar-refractivity contribution in [3.63, 3.8) is 0 Å². The van der Waals surface area contributed by atoms with E-state index in [2.05, 4.69) is 20.7 Å². The highest BCUT2D eigenvalue weighted by atomic mass is 16.5. The highest BCUT2D eigenvalue weighted by Gasteiger charge is 2.25. The summed E-state index contributed by atoms with van der Waals surface area (Å²) in [6, 6.07) is 12.6. The first kappa shape index (κ1) is 25.9. The molecule has 0 bridgehead atoms. The van der Waals surface area contributed by atoms with Gasteiger partial charge < -0.3 is 19.5 Å². The summed E-state index contributed by atoms with van der Waals surface area (Å²) in [5.41, 5.74) is 1.17. The maximum absolute atomic E-state index is 13.5. The Kier molecular flexibility index (Phi) is 8.55. The molecule has 2 amide bonds. The van der Waals surface area contributed by atoms with Crippen LogP contribution in [0.1, 0.15) is 32.6 Å². The fourth-order valence-corrected chi connectivity index (χ4v) is 4.36. The van der Waals surface area contributed by atoms with E-state index in [1.165, 1.54) is 9.70 Å². The van der Waals surface area contributed by atoms with Crippen LogP contribution in [0.4, 0.5) is 5.69 Å². The van der Waals surface area contributed by atoms with Crippen molar-refractivity contribution in [3.8, 4) is 28.6 Å². The third-order valence-corrected chi connectivity index (χ3v) is 6.15. The third kappa shape index (κ3) is 6.35. The molecule has 2 aromatic carbocycles. The van der Waals surface area contributed by atoms with Gasteiger partial charge in [0.25, 0.3) is 5.91 Å². The number of hydrogen-bond donors (Lipinski definition) is 1. The molecule has 0 aliphatic heterocycles. The Morgan fingerprint density at radius 3 is 2.54 bits per heavy atom. The van der Waals surface area contributed by atoms with Crippen LogP contribution in [0.2, 0.25) is 0 Å². The number of ether oxygens (including phenoxy) is 3. The van der Waals surface area contributed by atoms with Crippen LogP contribution >= 0.6 is 0 Å². The molecule has 1 saturated carbocycles. The lowest BCUT2D eigenvalue weighted by Gasteiger charge is -2.25. The Bertz CT molecular complexity index is 1220. The predicted octanol–water partition coefficient (Wildman–Crippen LogP) is 2.85. The molecule has 1 heterocycles. The van der Waals surface area contributed by atoms with Crippen molar-refractivity contribution in [2.75, 3.05) is 32.3 Å². The van der Waals surface area contributed by atoms with Crippen molar-refractivity contribution in [1.82, 2.24) is 25.5 Å². The molecule has 0 spiro atoms. The first-order chi connectivity index (χ1) is 18.0. The third-order valence-electron chi connectivity index (χ3n) is 6.15. The molecule has 3 aromatic rings. The highest BCUT2D eigenvalue weighted by Crippen LogP contribution is 2.31. The van der Waals surface area contributed by atoms with Crippen molar-refractivity contribution >= 4 is 17.5 Å². The topological polar surface area (TPSA) is 121 Å². The first-order valence-corrected chi connectivity index (χ1v) is 12.3. The lowest BCUT2D eigenvalue weighted by molar-refractivity contribution is -0.124. The van der Waals surface area contributed by atoms with E-state index >= 15 is 0 Å². The SMILES string of the molecule is CCOc1ccccc1N(CC(=O)NC1CCCC1)C(=O)Cn1nnc(-c2ccc(OC)c(OC)c2)n1. The van der Waals surface area contributed by atoms with Crippen molar-refractivity contribution in [2.24, 2.45) is 0 Å². The van der Waals surface area contributed by atoms with Crippen LogP contribution in [0.3, 0.4) is 0 Å². The van der Waals surface area contributed by atoms with E-state index in [0.29, 0.717) is 40.9 Å². The number of methoxy groups -OCH3 is 2. The highest BCUT2D eigenvalue weighted by molar-refractivity contribution is 5.99. The molecule has 1 fully saturated rings. The quantitative estimate of drug-likeness (QED) is 0.420. The molecular weight excluding hydrogens is 476 g/mol. The first-order valence-electron chi connectivity index (χ1n) is 12.3. The fraction of sp³-hybridized carbons (Fsp3) is 0.423. The lowest BCUT2D eigenvalue weighted by atomic mass is 10.2. The van der Waals surface area contributed by atoms with Crippen LogP contribution in [-0.2, 0) is 16.1 Å². The van der Waals surface area contributed by atoms with E-state index in [-0.39, 0.29) is 30.9 Å². The molecule has 0 unspecified atom stereocenters. The van der Waals surface area contributed by atoms with Gasteiger partial charge >= 0.3 is 0 Å². The molecule has 11 heteroatoms. The number of anilines is 1. The Balaban J connectivity index is 1.54. The number of carbonyl (C=O) groups is 2. The summed E-state index contributed by atoms with van der Waals surface area (Å²) < 4.78 is 16.4. The van der Waals surface area contributed by atoms with Crippen molar-refractivity contribution in [1.29, 1.82) is 0 Å². The van der Waals surface area contributed by atoms with Gasteiger partial charge in [0.1, 0.15) is 18.8 Å². The summed E-state index contributed by atoms with van der Waals surface area (Å²) in [7, 11) is 3.10. The number of benzene rings is 2. The van der Waals surface area contributed by atoms with E-state index in [0.717, 1.165) is 25.7 Å². The van der Waals surface area contributed by atoms with Crippen LogP contribution in [-0.4, -0.2) is 65.4 Å². The second kappa shape index (κ2) is 12.2. The largest absolute Gasteiger partial charge is 0.493 e. The summed E-state index contributed by atoms with van der Waals surface area (Å²) in [5.74, 6) is 1.36. The number of para-hydroxylation sites is 2. The zero-order valence-electron chi connectivity index (χ0n) is 21.3. The van der Waals surface area contributed by atoms with Crippen molar-refractivity contribution in [3.05, 3.63) is 42.5 Å². The van der Waals surface area contributed by atoms with Crippen molar-refractivity contribution < 1.29 is 23.8 Å². The summed E-state index contributed by atoms with van der Waals surface area (Å²) in [4.78, 5) is 29.0. The van der Waals surface area contributed by atoms with Gasteiger partial charge in [0.15, 0.2) is 11.5 Å². The minimum Gasteiger partial charge on any atom is -0.493 e. The van der Waals surface area contributed by atoms with Gasteiger partial charge in [-0.05, 0) is 55.3 Å². The molecule has 37 heavy (non-hydrogen) atoms. The van der Waals surface area contributed by atoms with Crippen molar-refractivity contribution in [2.45, 2.75) is 45.2 Å². The smallest absolute Gasteiger partial charge is 0.251 e. The molecule has 4 rings (SSSR count). The molecule has 0 saturated heterocycles. The molecule has 0 atom stereocenters. The summed E-state index contributed by atoms with van der Waals surface area (Å²) in [6.45, 7) is 1.94.